The molecule has 1 saturated heterocycles. The van der Waals surface area contributed by atoms with Gasteiger partial charge in [-0.3, -0.25) is 9.69 Å². The number of carbonyl (C=O) groups excluding carboxylic acids is 1. The molecule has 0 radical (unpaired) electrons. The van der Waals surface area contributed by atoms with E-state index in [-0.39, 0.29) is 22.2 Å². The van der Waals surface area contributed by atoms with Crippen molar-refractivity contribution < 1.29 is 9.53 Å². The van der Waals surface area contributed by atoms with Crippen LogP contribution in [0, 0.1) is 34.0 Å². The van der Waals surface area contributed by atoms with Crippen LogP contribution in [0.15, 0.2) is 23.3 Å². The number of ether oxygens (including phenoxy) is 1. The number of allylic oxidation sites excluding steroid dienone is 4. The van der Waals surface area contributed by atoms with Crippen LogP contribution >= 0.6 is 0 Å². The summed E-state index contributed by atoms with van der Waals surface area (Å²) in [5.74, 6) is 1.89. The Morgan fingerprint density at radius 2 is 1.86 bits per heavy atom. The van der Waals surface area contributed by atoms with Crippen LogP contribution in [0.25, 0.3) is 0 Å². The molecule has 3 fully saturated rings. The lowest BCUT2D eigenvalue weighted by Gasteiger charge is -2.54. The smallest absolute Gasteiger partial charge is 0.133 e. The van der Waals surface area contributed by atoms with Gasteiger partial charge in [0, 0.05) is 17.4 Å². The van der Waals surface area contributed by atoms with Crippen LogP contribution in [0.1, 0.15) is 72.6 Å². The SMILES string of the molecule is CC(=O)C1CCC2(C)C3CCC4C(=CC3=CCC12C)CCC1N(C)COCC41C. The van der Waals surface area contributed by atoms with Crippen molar-refractivity contribution in [3.05, 3.63) is 23.3 Å². The molecule has 1 heterocycles. The lowest BCUT2D eigenvalue weighted by Crippen LogP contribution is -2.58. The van der Waals surface area contributed by atoms with Crippen molar-refractivity contribution in [1.82, 2.24) is 4.90 Å². The van der Waals surface area contributed by atoms with E-state index in [0.717, 1.165) is 26.2 Å². The Labute approximate surface area is 176 Å². The molecule has 5 rings (SSSR count). The average molecular weight is 398 g/mol. The summed E-state index contributed by atoms with van der Waals surface area (Å²) in [4.78, 5) is 14.9. The maximum absolute atomic E-state index is 12.5. The van der Waals surface area contributed by atoms with Gasteiger partial charge in [-0.2, -0.15) is 0 Å². The molecule has 3 heteroatoms. The molecule has 0 aromatic carbocycles. The molecule has 7 atom stereocenters. The van der Waals surface area contributed by atoms with Gasteiger partial charge in [0.15, 0.2) is 0 Å². The third-order valence-electron chi connectivity index (χ3n) is 10.5. The molecule has 0 amide bonds. The Bertz CT molecular complexity index is 784. The van der Waals surface area contributed by atoms with E-state index in [4.69, 9.17) is 4.74 Å². The molecule has 1 aliphatic heterocycles. The van der Waals surface area contributed by atoms with E-state index in [9.17, 15) is 4.79 Å². The van der Waals surface area contributed by atoms with Crippen LogP contribution in [0.5, 0.6) is 0 Å². The molecule has 0 aromatic rings. The number of rotatable bonds is 1. The van der Waals surface area contributed by atoms with E-state index in [1.165, 1.54) is 32.1 Å². The zero-order valence-electron chi connectivity index (χ0n) is 19.1. The van der Waals surface area contributed by atoms with Gasteiger partial charge in [0.1, 0.15) is 5.78 Å². The first-order valence-electron chi connectivity index (χ1n) is 11.9. The Kier molecular flexibility index (Phi) is 4.51. The number of nitrogens with zero attached hydrogens (tertiary/aromatic N) is 1. The second-order valence-corrected chi connectivity index (χ2v) is 11.6. The van der Waals surface area contributed by atoms with Crippen molar-refractivity contribution in [1.29, 1.82) is 0 Å². The van der Waals surface area contributed by atoms with Crippen LogP contribution in [0.3, 0.4) is 0 Å². The highest BCUT2D eigenvalue weighted by molar-refractivity contribution is 5.80. The molecule has 0 spiro atoms. The number of carbonyl (C=O) groups is 1. The van der Waals surface area contributed by atoms with Crippen LogP contribution < -0.4 is 0 Å². The van der Waals surface area contributed by atoms with E-state index in [1.54, 1.807) is 11.1 Å². The number of Topliss-reactive ketones (excluding diaryl/α,β-unsaturated/α-hetero) is 1. The highest BCUT2D eigenvalue weighted by Crippen LogP contribution is 2.67. The van der Waals surface area contributed by atoms with E-state index < -0.39 is 0 Å². The van der Waals surface area contributed by atoms with E-state index in [1.807, 2.05) is 6.92 Å². The van der Waals surface area contributed by atoms with Gasteiger partial charge in [-0.25, -0.2) is 0 Å². The summed E-state index contributed by atoms with van der Waals surface area (Å²) in [6.07, 6.45) is 13.5. The molecule has 3 nitrogen and oxygen atoms in total. The van der Waals surface area contributed by atoms with Crippen molar-refractivity contribution in [2.45, 2.75) is 78.7 Å². The van der Waals surface area contributed by atoms with Crippen LogP contribution in [0.4, 0.5) is 0 Å². The fraction of sp³-hybridized carbons (Fsp3) is 0.808. The van der Waals surface area contributed by atoms with E-state index in [2.05, 4.69) is 44.9 Å². The summed E-state index contributed by atoms with van der Waals surface area (Å²) < 4.78 is 6.05. The Morgan fingerprint density at radius 1 is 1.10 bits per heavy atom. The summed E-state index contributed by atoms with van der Waals surface area (Å²) in [5.41, 5.74) is 3.88. The van der Waals surface area contributed by atoms with Gasteiger partial charge in [-0.05, 0) is 87.2 Å². The normalized spacial score (nSPS) is 49.7. The number of ketones is 1. The summed E-state index contributed by atoms with van der Waals surface area (Å²) in [6.45, 7) is 10.9. The average Bonchev–Trinajstić information content (AvgIpc) is 2.81. The molecule has 2 saturated carbocycles. The summed E-state index contributed by atoms with van der Waals surface area (Å²) in [7, 11) is 2.24. The van der Waals surface area contributed by atoms with Crippen molar-refractivity contribution >= 4 is 5.78 Å². The van der Waals surface area contributed by atoms with Crippen LogP contribution in [0.2, 0.25) is 0 Å². The van der Waals surface area contributed by atoms with Crippen molar-refractivity contribution in [2.75, 3.05) is 20.4 Å². The first-order valence-corrected chi connectivity index (χ1v) is 11.9. The number of hydrogen-bond donors (Lipinski definition) is 0. The molecule has 160 valence electrons. The Balaban J connectivity index is 1.51. The van der Waals surface area contributed by atoms with Gasteiger partial charge in [-0.15, -0.1) is 0 Å². The van der Waals surface area contributed by atoms with Gasteiger partial charge in [-0.1, -0.05) is 38.5 Å². The minimum atomic E-state index is 0.127. The monoisotopic (exact) mass is 397 g/mol. The first kappa shape index (κ1) is 20.0. The van der Waals surface area contributed by atoms with Gasteiger partial charge < -0.3 is 4.74 Å². The standard InChI is InChI=1S/C26H39NO2/c1-17(28)20-11-13-26(4)22-8-7-21-18(14-19(22)10-12-25(20,26)3)6-9-23-24(21,2)15-29-16-27(23)5/h10,14,20-23H,6-9,11-13,15-16H2,1-5H3. The number of fused-ring (bicyclic) bond motifs is 6. The summed E-state index contributed by atoms with van der Waals surface area (Å²) in [6, 6.07) is 0.641. The lowest BCUT2D eigenvalue weighted by atomic mass is 9.52. The van der Waals surface area contributed by atoms with Gasteiger partial charge >= 0.3 is 0 Å². The molecule has 4 aliphatic carbocycles. The third-order valence-corrected chi connectivity index (χ3v) is 10.5. The van der Waals surface area contributed by atoms with Gasteiger partial charge in [0.05, 0.1) is 13.3 Å². The predicted octanol–water partition coefficient (Wildman–Crippen LogP) is 5.37. The zero-order valence-corrected chi connectivity index (χ0v) is 19.1. The third kappa shape index (κ3) is 2.59. The molecule has 0 aromatic heterocycles. The molecule has 0 N–H and O–H groups in total. The molecular weight excluding hydrogens is 358 g/mol. The van der Waals surface area contributed by atoms with E-state index >= 15 is 0 Å². The minimum Gasteiger partial charge on any atom is -0.365 e. The Hall–Kier alpha value is -0.930. The maximum atomic E-state index is 12.5. The second kappa shape index (κ2) is 6.53. The maximum Gasteiger partial charge on any atom is 0.133 e. The molecule has 5 aliphatic rings. The largest absolute Gasteiger partial charge is 0.365 e. The van der Waals surface area contributed by atoms with Crippen LogP contribution in [-0.2, 0) is 9.53 Å². The molecule has 0 bridgehead atoms. The van der Waals surface area contributed by atoms with Gasteiger partial charge in [0.25, 0.3) is 0 Å². The fourth-order valence-corrected chi connectivity index (χ4v) is 8.65. The number of hydrogen-bond acceptors (Lipinski definition) is 3. The Morgan fingerprint density at radius 3 is 2.62 bits per heavy atom. The second-order valence-electron chi connectivity index (χ2n) is 11.6. The summed E-state index contributed by atoms with van der Waals surface area (Å²) >= 11 is 0. The predicted molar refractivity (Wildman–Crippen MR) is 116 cm³/mol. The molecule has 7 unspecified atom stereocenters. The van der Waals surface area contributed by atoms with Crippen molar-refractivity contribution in [3.63, 3.8) is 0 Å². The first-order chi connectivity index (χ1) is 13.7. The van der Waals surface area contributed by atoms with Gasteiger partial charge in [0.2, 0.25) is 0 Å². The van der Waals surface area contributed by atoms with E-state index in [0.29, 0.717) is 23.7 Å². The highest BCUT2D eigenvalue weighted by atomic mass is 16.5. The highest BCUT2D eigenvalue weighted by Gasteiger charge is 2.61. The zero-order chi connectivity index (χ0) is 20.6. The lowest BCUT2D eigenvalue weighted by molar-refractivity contribution is -0.143. The van der Waals surface area contributed by atoms with Crippen LogP contribution in [-0.4, -0.2) is 37.1 Å². The van der Waals surface area contributed by atoms with Crippen molar-refractivity contribution in [2.24, 2.45) is 34.0 Å². The molecule has 29 heavy (non-hydrogen) atoms. The molecular formula is C26H39NO2. The quantitative estimate of drug-likeness (QED) is 0.596. The topological polar surface area (TPSA) is 29.5 Å². The summed E-state index contributed by atoms with van der Waals surface area (Å²) in [5, 5.41) is 0. The minimum absolute atomic E-state index is 0.127. The fourth-order valence-electron chi connectivity index (χ4n) is 8.65. The van der Waals surface area contributed by atoms with Crippen molar-refractivity contribution in [3.8, 4) is 0 Å².